The SMILES string of the molecule is CCOc1nc(NC)nc(N2CCN(C)CC2C)n1. The molecule has 1 aromatic rings. The number of aromatic nitrogens is 3. The molecule has 2 rings (SSSR count). The van der Waals surface area contributed by atoms with Gasteiger partial charge in [-0.25, -0.2) is 0 Å². The van der Waals surface area contributed by atoms with Crippen LogP contribution in [0.15, 0.2) is 0 Å². The van der Waals surface area contributed by atoms with Crippen LogP contribution < -0.4 is 15.0 Å². The molecule has 1 aliphatic rings. The van der Waals surface area contributed by atoms with Crippen molar-refractivity contribution >= 4 is 11.9 Å². The second-order valence-electron chi connectivity index (χ2n) is 4.73. The third-order valence-corrected chi connectivity index (χ3v) is 3.19. The maximum atomic E-state index is 5.40. The minimum Gasteiger partial charge on any atom is -0.464 e. The van der Waals surface area contributed by atoms with E-state index >= 15 is 0 Å². The molecule has 0 radical (unpaired) electrons. The van der Waals surface area contributed by atoms with E-state index in [0.29, 0.717) is 30.6 Å². The predicted octanol–water partition coefficient (Wildman–Crippen LogP) is 0.452. The standard InChI is InChI=1S/C12H22N6O/c1-5-19-12-15-10(13-3)14-11(16-12)18-7-6-17(4)8-9(18)2/h9H,5-8H2,1-4H3,(H,13,14,15,16). The summed E-state index contributed by atoms with van der Waals surface area (Å²) in [6.07, 6.45) is 0. The zero-order chi connectivity index (χ0) is 13.8. The van der Waals surface area contributed by atoms with E-state index in [0.717, 1.165) is 19.6 Å². The summed E-state index contributed by atoms with van der Waals surface area (Å²) in [7, 11) is 3.92. The number of ether oxygens (including phenoxy) is 1. The number of likely N-dealkylation sites (N-methyl/N-ethyl adjacent to an activating group) is 1. The van der Waals surface area contributed by atoms with Crippen LogP contribution in [-0.4, -0.2) is 66.2 Å². The van der Waals surface area contributed by atoms with Gasteiger partial charge < -0.3 is 19.9 Å². The summed E-state index contributed by atoms with van der Waals surface area (Å²) in [5, 5.41) is 2.95. The fourth-order valence-electron chi connectivity index (χ4n) is 2.22. The van der Waals surface area contributed by atoms with Crippen molar-refractivity contribution in [2.24, 2.45) is 0 Å². The van der Waals surface area contributed by atoms with E-state index in [-0.39, 0.29) is 0 Å². The van der Waals surface area contributed by atoms with E-state index < -0.39 is 0 Å². The number of hydrogen-bond donors (Lipinski definition) is 1. The molecule has 1 aromatic heterocycles. The van der Waals surface area contributed by atoms with Crippen LogP contribution in [0, 0.1) is 0 Å². The fourth-order valence-corrected chi connectivity index (χ4v) is 2.22. The molecular formula is C12H22N6O. The largest absolute Gasteiger partial charge is 0.464 e. The highest BCUT2D eigenvalue weighted by atomic mass is 16.5. The normalized spacial score (nSPS) is 20.4. The minimum absolute atomic E-state index is 0.375. The number of anilines is 2. The van der Waals surface area contributed by atoms with Gasteiger partial charge in [-0.05, 0) is 20.9 Å². The first-order valence-corrected chi connectivity index (χ1v) is 6.65. The van der Waals surface area contributed by atoms with Crippen molar-refractivity contribution in [3.05, 3.63) is 0 Å². The maximum absolute atomic E-state index is 5.40. The van der Waals surface area contributed by atoms with Gasteiger partial charge in [0.1, 0.15) is 0 Å². The summed E-state index contributed by atoms with van der Waals surface area (Å²) < 4.78 is 5.40. The number of rotatable bonds is 4. The lowest BCUT2D eigenvalue weighted by Gasteiger charge is -2.38. The molecule has 0 aromatic carbocycles. The molecule has 0 bridgehead atoms. The topological polar surface area (TPSA) is 66.4 Å². The van der Waals surface area contributed by atoms with Gasteiger partial charge in [-0.3, -0.25) is 0 Å². The molecule has 0 amide bonds. The van der Waals surface area contributed by atoms with Gasteiger partial charge in [0.05, 0.1) is 6.61 Å². The van der Waals surface area contributed by atoms with Crippen molar-refractivity contribution in [3.8, 4) is 6.01 Å². The van der Waals surface area contributed by atoms with E-state index in [9.17, 15) is 0 Å². The second kappa shape index (κ2) is 6.01. The highest BCUT2D eigenvalue weighted by Crippen LogP contribution is 2.19. The third-order valence-electron chi connectivity index (χ3n) is 3.19. The molecule has 19 heavy (non-hydrogen) atoms. The van der Waals surface area contributed by atoms with Crippen LogP contribution >= 0.6 is 0 Å². The van der Waals surface area contributed by atoms with E-state index in [2.05, 4.69) is 44.0 Å². The van der Waals surface area contributed by atoms with Gasteiger partial charge in [0.25, 0.3) is 0 Å². The Balaban J connectivity index is 2.25. The molecule has 106 valence electrons. The van der Waals surface area contributed by atoms with Crippen molar-refractivity contribution in [1.82, 2.24) is 19.9 Å². The molecule has 7 heteroatoms. The van der Waals surface area contributed by atoms with Crippen LogP contribution in [0.3, 0.4) is 0 Å². The molecule has 0 spiro atoms. The average Bonchev–Trinajstić information content (AvgIpc) is 2.38. The Morgan fingerprint density at radius 1 is 1.32 bits per heavy atom. The predicted molar refractivity (Wildman–Crippen MR) is 74.8 cm³/mol. The highest BCUT2D eigenvalue weighted by molar-refractivity contribution is 5.39. The highest BCUT2D eigenvalue weighted by Gasteiger charge is 2.24. The van der Waals surface area contributed by atoms with Gasteiger partial charge in [-0.1, -0.05) is 0 Å². The Labute approximate surface area is 114 Å². The number of nitrogens with zero attached hydrogens (tertiary/aromatic N) is 5. The first-order chi connectivity index (χ1) is 9.13. The fraction of sp³-hybridized carbons (Fsp3) is 0.750. The number of nitrogens with one attached hydrogen (secondary N) is 1. The van der Waals surface area contributed by atoms with Crippen molar-refractivity contribution in [3.63, 3.8) is 0 Å². The molecule has 7 nitrogen and oxygen atoms in total. The van der Waals surface area contributed by atoms with Crippen molar-refractivity contribution in [2.75, 3.05) is 50.6 Å². The molecule has 1 atom stereocenters. The van der Waals surface area contributed by atoms with Crippen molar-refractivity contribution in [1.29, 1.82) is 0 Å². The van der Waals surface area contributed by atoms with Gasteiger partial charge in [0, 0.05) is 32.7 Å². The van der Waals surface area contributed by atoms with Crippen molar-refractivity contribution in [2.45, 2.75) is 19.9 Å². The molecule has 2 heterocycles. The Morgan fingerprint density at radius 3 is 2.74 bits per heavy atom. The summed E-state index contributed by atoms with van der Waals surface area (Å²) in [5.74, 6) is 1.22. The van der Waals surface area contributed by atoms with E-state index in [4.69, 9.17) is 4.74 Å². The zero-order valence-electron chi connectivity index (χ0n) is 12.1. The smallest absolute Gasteiger partial charge is 0.323 e. The molecule has 0 aliphatic carbocycles. The lowest BCUT2D eigenvalue weighted by Crippen LogP contribution is -2.51. The van der Waals surface area contributed by atoms with E-state index in [1.54, 1.807) is 7.05 Å². The van der Waals surface area contributed by atoms with Gasteiger partial charge in [0.2, 0.25) is 11.9 Å². The van der Waals surface area contributed by atoms with Crippen LogP contribution in [0.4, 0.5) is 11.9 Å². The Bertz CT molecular complexity index is 427. The number of piperazine rings is 1. The summed E-state index contributed by atoms with van der Waals surface area (Å²) in [6.45, 7) is 7.57. The second-order valence-corrected chi connectivity index (χ2v) is 4.73. The monoisotopic (exact) mass is 266 g/mol. The molecular weight excluding hydrogens is 244 g/mol. The molecule has 0 saturated carbocycles. The van der Waals surface area contributed by atoms with Crippen LogP contribution in [0.1, 0.15) is 13.8 Å². The Kier molecular flexibility index (Phi) is 4.36. The summed E-state index contributed by atoms with van der Waals surface area (Å²) in [6, 6.07) is 0.753. The lowest BCUT2D eigenvalue weighted by atomic mass is 10.2. The third kappa shape index (κ3) is 3.23. The van der Waals surface area contributed by atoms with Gasteiger partial charge >= 0.3 is 6.01 Å². The van der Waals surface area contributed by atoms with Gasteiger partial charge in [-0.15, -0.1) is 0 Å². The quantitative estimate of drug-likeness (QED) is 0.848. The van der Waals surface area contributed by atoms with Crippen LogP contribution in [0.2, 0.25) is 0 Å². The lowest BCUT2D eigenvalue weighted by molar-refractivity contribution is 0.271. The van der Waals surface area contributed by atoms with Gasteiger partial charge in [-0.2, -0.15) is 15.0 Å². The summed E-state index contributed by atoms with van der Waals surface area (Å²) >= 11 is 0. The average molecular weight is 266 g/mol. The van der Waals surface area contributed by atoms with Crippen molar-refractivity contribution < 1.29 is 4.74 Å². The molecule has 1 unspecified atom stereocenters. The van der Waals surface area contributed by atoms with E-state index in [1.165, 1.54) is 0 Å². The van der Waals surface area contributed by atoms with Crippen LogP contribution in [0.25, 0.3) is 0 Å². The van der Waals surface area contributed by atoms with Gasteiger partial charge in [0.15, 0.2) is 0 Å². The summed E-state index contributed by atoms with van der Waals surface area (Å²) in [5.41, 5.74) is 0. The molecule has 1 saturated heterocycles. The van der Waals surface area contributed by atoms with Crippen LogP contribution in [0.5, 0.6) is 6.01 Å². The zero-order valence-corrected chi connectivity index (χ0v) is 12.1. The molecule has 1 fully saturated rings. The molecule has 1 aliphatic heterocycles. The Morgan fingerprint density at radius 2 is 2.11 bits per heavy atom. The maximum Gasteiger partial charge on any atom is 0.323 e. The van der Waals surface area contributed by atoms with Crippen LogP contribution in [-0.2, 0) is 0 Å². The Hall–Kier alpha value is -1.63. The van der Waals surface area contributed by atoms with E-state index in [1.807, 2.05) is 6.92 Å². The first-order valence-electron chi connectivity index (χ1n) is 6.65. The molecule has 1 N–H and O–H groups in total. The minimum atomic E-state index is 0.375. The summed E-state index contributed by atoms with van der Waals surface area (Å²) in [4.78, 5) is 17.5. The first kappa shape index (κ1) is 13.8. The number of hydrogen-bond acceptors (Lipinski definition) is 7.